The van der Waals surface area contributed by atoms with Gasteiger partial charge in [0.1, 0.15) is 5.75 Å². The number of carbonyl (C=O) groups is 1. The van der Waals surface area contributed by atoms with Gasteiger partial charge in [0, 0.05) is 18.0 Å². The summed E-state index contributed by atoms with van der Waals surface area (Å²) in [6, 6.07) is 7.47. The Morgan fingerprint density at radius 1 is 0.867 bits per heavy atom. The van der Waals surface area contributed by atoms with E-state index in [1.807, 2.05) is 43.6 Å². The number of aryl methyl sites for hydroxylation is 1. The van der Waals surface area contributed by atoms with Crippen molar-refractivity contribution in [3.05, 3.63) is 42.2 Å². The number of carbonyl (C=O) groups excluding carboxylic acids is 1. The molecule has 0 aliphatic heterocycles. The molecule has 2 aromatic rings. The second-order valence-corrected chi connectivity index (χ2v) is 8.13. The zero-order valence-corrected chi connectivity index (χ0v) is 19.0. The molecule has 4 heteroatoms. The Labute approximate surface area is 182 Å². The van der Waals surface area contributed by atoms with E-state index in [0.29, 0.717) is 11.6 Å². The Morgan fingerprint density at radius 2 is 1.50 bits per heavy atom. The van der Waals surface area contributed by atoms with Crippen molar-refractivity contribution in [2.75, 3.05) is 0 Å². The molecule has 0 amide bonds. The van der Waals surface area contributed by atoms with E-state index in [-0.39, 0.29) is 11.9 Å². The summed E-state index contributed by atoms with van der Waals surface area (Å²) >= 11 is 0. The van der Waals surface area contributed by atoms with Crippen molar-refractivity contribution < 1.29 is 9.53 Å². The number of esters is 1. The van der Waals surface area contributed by atoms with Crippen LogP contribution in [0.1, 0.15) is 90.5 Å². The molecule has 0 fully saturated rings. The first-order valence-corrected chi connectivity index (χ1v) is 11.8. The molecule has 0 spiro atoms. The lowest BCUT2D eigenvalue weighted by Gasteiger charge is -2.13. The maximum absolute atomic E-state index is 12.3. The van der Waals surface area contributed by atoms with Crippen LogP contribution in [0.2, 0.25) is 0 Å². The molecule has 1 unspecified atom stereocenters. The summed E-state index contributed by atoms with van der Waals surface area (Å²) in [6.45, 7) is 6.37. The maximum Gasteiger partial charge on any atom is 0.314 e. The van der Waals surface area contributed by atoms with Gasteiger partial charge in [-0.15, -0.1) is 0 Å². The van der Waals surface area contributed by atoms with Gasteiger partial charge in [-0.05, 0) is 55.5 Å². The maximum atomic E-state index is 12.3. The molecular weight excluding hydrogens is 372 g/mol. The molecule has 0 saturated carbocycles. The molecule has 2 rings (SSSR count). The van der Waals surface area contributed by atoms with Crippen LogP contribution in [0.5, 0.6) is 5.75 Å². The van der Waals surface area contributed by atoms with Crippen molar-refractivity contribution in [3.8, 4) is 17.1 Å². The summed E-state index contributed by atoms with van der Waals surface area (Å²) < 4.78 is 5.54. The number of rotatable bonds is 14. The Balaban J connectivity index is 1.81. The van der Waals surface area contributed by atoms with Crippen molar-refractivity contribution >= 4 is 5.97 Å². The molecule has 1 aromatic heterocycles. The lowest BCUT2D eigenvalue weighted by atomic mass is 10.0. The topological polar surface area (TPSA) is 52.1 Å². The number of unbranched alkanes of at least 4 members (excludes halogenated alkanes) is 6. The van der Waals surface area contributed by atoms with Crippen LogP contribution in [0.4, 0.5) is 0 Å². The molecule has 0 saturated heterocycles. The largest absolute Gasteiger partial charge is 0.426 e. The fraction of sp³-hybridized carbons (Fsp3) is 0.577. The van der Waals surface area contributed by atoms with Crippen LogP contribution in [0.3, 0.4) is 0 Å². The molecule has 0 radical (unpaired) electrons. The monoisotopic (exact) mass is 410 g/mol. The Hall–Kier alpha value is -2.23. The fourth-order valence-electron chi connectivity index (χ4n) is 3.63. The van der Waals surface area contributed by atoms with Crippen LogP contribution >= 0.6 is 0 Å². The van der Waals surface area contributed by atoms with Crippen molar-refractivity contribution in [2.45, 2.75) is 91.4 Å². The minimum Gasteiger partial charge on any atom is -0.426 e. The van der Waals surface area contributed by atoms with Crippen molar-refractivity contribution in [2.24, 2.45) is 5.92 Å². The summed E-state index contributed by atoms with van der Waals surface area (Å²) in [7, 11) is 0. The predicted octanol–water partition coefficient (Wildman–Crippen LogP) is 7.17. The summed E-state index contributed by atoms with van der Waals surface area (Å²) in [6.07, 6.45) is 16.8. The summed E-state index contributed by atoms with van der Waals surface area (Å²) in [5.74, 6) is 1.11. The minimum absolute atomic E-state index is 0.0260. The zero-order valence-electron chi connectivity index (χ0n) is 19.0. The van der Waals surface area contributed by atoms with Gasteiger partial charge in [0.15, 0.2) is 5.82 Å². The number of hydrogen-bond donors (Lipinski definition) is 0. The number of benzene rings is 1. The van der Waals surface area contributed by atoms with Gasteiger partial charge in [-0.3, -0.25) is 4.79 Å². The average molecular weight is 411 g/mol. The average Bonchev–Trinajstić information content (AvgIpc) is 2.78. The van der Waals surface area contributed by atoms with E-state index < -0.39 is 0 Å². The molecular formula is C26H38N2O2. The van der Waals surface area contributed by atoms with E-state index in [1.54, 1.807) is 0 Å². The van der Waals surface area contributed by atoms with Gasteiger partial charge in [-0.25, -0.2) is 9.97 Å². The van der Waals surface area contributed by atoms with Crippen LogP contribution in [-0.4, -0.2) is 15.9 Å². The molecule has 0 bridgehead atoms. The molecule has 1 atom stereocenters. The van der Waals surface area contributed by atoms with Crippen LogP contribution in [0.25, 0.3) is 11.4 Å². The van der Waals surface area contributed by atoms with Crippen molar-refractivity contribution in [1.82, 2.24) is 9.97 Å². The van der Waals surface area contributed by atoms with Crippen LogP contribution in [0, 0.1) is 5.92 Å². The van der Waals surface area contributed by atoms with Gasteiger partial charge < -0.3 is 4.74 Å². The van der Waals surface area contributed by atoms with Crippen LogP contribution < -0.4 is 4.74 Å². The van der Waals surface area contributed by atoms with E-state index >= 15 is 0 Å². The molecule has 30 heavy (non-hydrogen) atoms. The van der Waals surface area contributed by atoms with Gasteiger partial charge in [0.25, 0.3) is 0 Å². The Bertz CT molecular complexity index is 726. The zero-order chi connectivity index (χ0) is 21.6. The fourth-order valence-corrected chi connectivity index (χ4v) is 3.63. The Morgan fingerprint density at radius 3 is 2.10 bits per heavy atom. The third-order valence-electron chi connectivity index (χ3n) is 5.57. The molecule has 4 nitrogen and oxygen atoms in total. The van der Waals surface area contributed by atoms with Gasteiger partial charge in [0.05, 0.1) is 5.92 Å². The third kappa shape index (κ3) is 8.25. The van der Waals surface area contributed by atoms with E-state index in [2.05, 4.69) is 23.8 Å². The van der Waals surface area contributed by atoms with Gasteiger partial charge in [-0.1, -0.05) is 65.7 Å². The summed E-state index contributed by atoms with van der Waals surface area (Å²) in [5, 5.41) is 0. The first-order chi connectivity index (χ1) is 14.7. The highest BCUT2D eigenvalue weighted by molar-refractivity contribution is 5.75. The highest BCUT2D eigenvalue weighted by Crippen LogP contribution is 2.22. The number of ether oxygens (including phenoxy) is 1. The molecule has 0 N–H and O–H groups in total. The molecule has 1 aromatic carbocycles. The number of aromatic nitrogens is 2. The highest BCUT2D eigenvalue weighted by Gasteiger charge is 2.17. The van der Waals surface area contributed by atoms with Crippen LogP contribution in [0.15, 0.2) is 36.7 Å². The molecule has 0 aliphatic rings. The van der Waals surface area contributed by atoms with Gasteiger partial charge >= 0.3 is 5.97 Å². The summed E-state index contributed by atoms with van der Waals surface area (Å²) in [4.78, 5) is 21.3. The highest BCUT2D eigenvalue weighted by atomic mass is 16.5. The van der Waals surface area contributed by atoms with Crippen LogP contribution in [-0.2, 0) is 11.2 Å². The number of hydrogen-bond acceptors (Lipinski definition) is 4. The quantitative estimate of drug-likeness (QED) is 0.188. The van der Waals surface area contributed by atoms with E-state index in [1.165, 1.54) is 50.5 Å². The van der Waals surface area contributed by atoms with E-state index in [9.17, 15) is 4.79 Å². The first kappa shape index (κ1) is 24.0. The van der Waals surface area contributed by atoms with E-state index in [4.69, 9.17) is 4.74 Å². The molecule has 0 aliphatic carbocycles. The second-order valence-electron chi connectivity index (χ2n) is 8.13. The third-order valence-corrected chi connectivity index (χ3v) is 5.57. The SMILES string of the molecule is CCCCCCCCCc1cnc(-c2ccc(OC(=O)C(CC)CCC)cc2)nc1. The Kier molecular flexibility index (Phi) is 11.1. The normalized spacial score (nSPS) is 12.0. The van der Waals surface area contributed by atoms with Crippen molar-refractivity contribution in [3.63, 3.8) is 0 Å². The van der Waals surface area contributed by atoms with Crippen molar-refractivity contribution in [1.29, 1.82) is 0 Å². The molecule has 164 valence electrons. The lowest BCUT2D eigenvalue weighted by molar-refractivity contribution is -0.139. The first-order valence-electron chi connectivity index (χ1n) is 11.8. The standard InChI is InChI=1S/C26H38N2O2/c1-4-7-8-9-10-11-12-14-21-19-27-25(28-20-21)23-15-17-24(18-16-23)30-26(29)22(6-3)13-5-2/h15-20,22H,4-14H2,1-3H3. The predicted molar refractivity (Wildman–Crippen MR) is 123 cm³/mol. The summed E-state index contributed by atoms with van der Waals surface area (Å²) in [5.41, 5.74) is 2.12. The lowest BCUT2D eigenvalue weighted by Crippen LogP contribution is -2.19. The minimum atomic E-state index is -0.141. The van der Waals surface area contributed by atoms with E-state index in [0.717, 1.165) is 31.2 Å². The number of nitrogens with zero attached hydrogens (tertiary/aromatic N) is 2. The smallest absolute Gasteiger partial charge is 0.314 e. The second kappa shape index (κ2) is 13.9. The molecule has 1 heterocycles. The van der Waals surface area contributed by atoms with Gasteiger partial charge in [0.2, 0.25) is 0 Å². The van der Waals surface area contributed by atoms with Gasteiger partial charge in [-0.2, -0.15) is 0 Å².